The minimum absolute atomic E-state index is 0.0805. The van der Waals surface area contributed by atoms with Gasteiger partial charge in [-0.15, -0.1) is 0 Å². The number of non-ortho nitro benzene ring substituents is 1. The highest BCUT2D eigenvalue weighted by molar-refractivity contribution is 6.33. The number of nitro groups is 1. The van der Waals surface area contributed by atoms with E-state index >= 15 is 0 Å². The van der Waals surface area contributed by atoms with E-state index in [1.807, 2.05) is 0 Å². The normalized spacial score (nSPS) is 23.1. The van der Waals surface area contributed by atoms with E-state index < -0.39 is 0 Å². The lowest BCUT2D eigenvalue weighted by atomic mass is 9.98. The van der Waals surface area contributed by atoms with Crippen molar-refractivity contribution < 1.29 is 4.92 Å². The van der Waals surface area contributed by atoms with Gasteiger partial charge in [-0.25, -0.2) is 0 Å². The van der Waals surface area contributed by atoms with Gasteiger partial charge in [0.15, 0.2) is 0 Å². The van der Waals surface area contributed by atoms with Crippen molar-refractivity contribution in [2.45, 2.75) is 51.5 Å². The highest BCUT2D eigenvalue weighted by atomic mass is 35.5. The van der Waals surface area contributed by atoms with Gasteiger partial charge in [0, 0.05) is 18.2 Å². The number of nitro benzene ring substituents is 1. The predicted molar refractivity (Wildman–Crippen MR) is 82.4 cm³/mol. The molecular weight excluding hydrogens is 276 g/mol. The van der Waals surface area contributed by atoms with Gasteiger partial charge < -0.3 is 5.32 Å². The zero-order valence-corrected chi connectivity index (χ0v) is 12.5. The molecule has 1 N–H and O–H groups in total. The Kier molecular flexibility index (Phi) is 5.24. The number of benzene rings is 1. The fourth-order valence-corrected chi connectivity index (χ4v) is 3.06. The summed E-state index contributed by atoms with van der Waals surface area (Å²) in [4.78, 5) is 10.4. The highest BCUT2D eigenvalue weighted by Crippen LogP contribution is 2.31. The van der Waals surface area contributed by atoms with Gasteiger partial charge in [0.05, 0.1) is 15.6 Å². The topological polar surface area (TPSA) is 55.2 Å². The third-order valence-corrected chi connectivity index (χ3v) is 4.52. The summed E-state index contributed by atoms with van der Waals surface area (Å²) in [6.45, 7) is 2.25. The molecule has 2 atom stereocenters. The van der Waals surface area contributed by atoms with Crippen molar-refractivity contribution in [3.05, 3.63) is 33.3 Å². The molecule has 20 heavy (non-hydrogen) atoms. The second-order valence-electron chi connectivity index (χ2n) is 5.55. The monoisotopic (exact) mass is 296 g/mol. The van der Waals surface area contributed by atoms with Crippen LogP contribution >= 0.6 is 11.6 Å². The van der Waals surface area contributed by atoms with Crippen LogP contribution in [0, 0.1) is 16.0 Å². The first kappa shape index (κ1) is 15.1. The van der Waals surface area contributed by atoms with Crippen LogP contribution in [0.1, 0.15) is 45.4 Å². The summed E-state index contributed by atoms with van der Waals surface area (Å²) < 4.78 is 0. The molecule has 1 aliphatic carbocycles. The van der Waals surface area contributed by atoms with Gasteiger partial charge in [0.25, 0.3) is 5.69 Å². The van der Waals surface area contributed by atoms with Crippen molar-refractivity contribution in [2.24, 2.45) is 5.92 Å². The molecule has 1 saturated carbocycles. The molecular formula is C15H21ClN2O2. The van der Waals surface area contributed by atoms with Crippen LogP contribution in [0.5, 0.6) is 0 Å². The number of halogens is 1. The molecule has 0 bridgehead atoms. The van der Waals surface area contributed by atoms with E-state index in [0.29, 0.717) is 16.8 Å². The van der Waals surface area contributed by atoms with Gasteiger partial charge in [0.2, 0.25) is 0 Å². The van der Waals surface area contributed by atoms with Crippen LogP contribution in [0.4, 0.5) is 11.4 Å². The average Bonchev–Trinajstić information content (AvgIpc) is 2.66. The summed E-state index contributed by atoms with van der Waals surface area (Å²) in [5, 5.41) is 14.8. The fraction of sp³-hybridized carbons (Fsp3) is 0.600. The van der Waals surface area contributed by atoms with E-state index in [1.54, 1.807) is 6.07 Å². The van der Waals surface area contributed by atoms with E-state index in [0.717, 1.165) is 18.8 Å². The molecule has 1 aliphatic rings. The molecule has 0 spiro atoms. The lowest BCUT2D eigenvalue weighted by Crippen LogP contribution is -2.18. The second kappa shape index (κ2) is 6.93. The Bertz CT molecular complexity index is 479. The third-order valence-electron chi connectivity index (χ3n) is 4.19. The van der Waals surface area contributed by atoms with E-state index in [9.17, 15) is 10.1 Å². The predicted octanol–water partition coefficient (Wildman–Crippen LogP) is 5.02. The molecule has 0 aromatic heterocycles. The van der Waals surface area contributed by atoms with Crippen molar-refractivity contribution in [2.75, 3.05) is 5.32 Å². The van der Waals surface area contributed by atoms with E-state index in [2.05, 4.69) is 12.2 Å². The second-order valence-corrected chi connectivity index (χ2v) is 5.95. The summed E-state index contributed by atoms with van der Waals surface area (Å²) in [6.07, 6.45) is 7.18. The largest absolute Gasteiger partial charge is 0.381 e. The number of hydrogen-bond donors (Lipinski definition) is 1. The zero-order chi connectivity index (χ0) is 14.5. The first-order valence-electron chi connectivity index (χ1n) is 7.30. The number of nitrogens with one attached hydrogen (secondary N) is 1. The minimum Gasteiger partial charge on any atom is -0.381 e. The Morgan fingerprint density at radius 1 is 1.35 bits per heavy atom. The van der Waals surface area contributed by atoms with Crippen molar-refractivity contribution in [3.8, 4) is 0 Å². The molecule has 0 saturated heterocycles. The Morgan fingerprint density at radius 3 is 2.85 bits per heavy atom. The van der Waals surface area contributed by atoms with Gasteiger partial charge in [-0.1, -0.05) is 37.8 Å². The number of hydrogen-bond acceptors (Lipinski definition) is 3. The lowest BCUT2D eigenvalue weighted by molar-refractivity contribution is -0.384. The first-order valence-corrected chi connectivity index (χ1v) is 7.68. The van der Waals surface area contributed by atoms with E-state index in [-0.39, 0.29) is 10.6 Å². The molecule has 0 amide bonds. The standard InChI is InChI=1S/C15H21ClN2O2/c1-2-11-4-3-5-12(7-6-11)17-15-10-13(18(19)20)8-9-14(15)16/h8-12,17H,2-7H2,1H3. The van der Waals surface area contributed by atoms with Crippen LogP contribution in [0.15, 0.2) is 18.2 Å². The number of nitrogens with zero attached hydrogens (tertiary/aromatic N) is 1. The van der Waals surface area contributed by atoms with E-state index in [4.69, 9.17) is 11.6 Å². The maximum Gasteiger partial charge on any atom is 0.271 e. The van der Waals surface area contributed by atoms with Crippen LogP contribution in [-0.4, -0.2) is 11.0 Å². The molecule has 0 aliphatic heterocycles. The fourth-order valence-electron chi connectivity index (χ4n) is 2.89. The summed E-state index contributed by atoms with van der Waals surface area (Å²) in [5.41, 5.74) is 0.762. The van der Waals surface area contributed by atoms with Crippen molar-refractivity contribution >= 4 is 23.0 Å². The summed E-state index contributed by atoms with van der Waals surface area (Å²) in [6, 6.07) is 4.93. The number of rotatable bonds is 4. The number of anilines is 1. The Balaban J connectivity index is 2.05. The van der Waals surface area contributed by atoms with Crippen LogP contribution in [0.25, 0.3) is 0 Å². The summed E-state index contributed by atoms with van der Waals surface area (Å²) in [5.74, 6) is 0.822. The average molecular weight is 297 g/mol. The van der Waals surface area contributed by atoms with Crippen molar-refractivity contribution in [3.63, 3.8) is 0 Å². The molecule has 1 aromatic rings. The Hall–Kier alpha value is -1.29. The summed E-state index contributed by atoms with van der Waals surface area (Å²) in [7, 11) is 0. The van der Waals surface area contributed by atoms with Gasteiger partial charge >= 0.3 is 0 Å². The molecule has 0 radical (unpaired) electrons. The van der Waals surface area contributed by atoms with Gasteiger partial charge in [-0.05, 0) is 31.2 Å². The summed E-state index contributed by atoms with van der Waals surface area (Å²) >= 11 is 6.13. The SMILES string of the molecule is CCC1CCCC(Nc2cc([N+](=O)[O-])ccc2Cl)CC1. The molecule has 0 heterocycles. The van der Waals surface area contributed by atoms with Gasteiger partial charge in [0.1, 0.15) is 0 Å². The molecule has 1 fully saturated rings. The van der Waals surface area contributed by atoms with Gasteiger partial charge in [-0.2, -0.15) is 0 Å². The van der Waals surface area contributed by atoms with Crippen LogP contribution < -0.4 is 5.32 Å². The minimum atomic E-state index is -0.387. The van der Waals surface area contributed by atoms with Crippen molar-refractivity contribution in [1.29, 1.82) is 0 Å². The van der Waals surface area contributed by atoms with Gasteiger partial charge in [-0.3, -0.25) is 10.1 Å². The quantitative estimate of drug-likeness (QED) is 0.482. The van der Waals surface area contributed by atoms with E-state index in [1.165, 1.54) is 37.8 Å². The van der Waals surface area contributed by atoms with Crippen LogP contribution in [0.2, 0.25) is 5.02 Å². The maximum absolute atomic E-state index is 10.8. The highest BCUT2D eigenvalue weighted by Gasteiger charge is 2.19. The molecule has 110 valence electrons. The smallest absolute Gasteiger partial charge is 0.271 e. The van der Waals surface area contributed by atoms with Crippen LogP contribution in [-0.2, 0) is 0 Å². The molecule has 1 aromatic carbocycles. The molecule has 4 nitrogen and oxygen atoms in total. The Morgan fingerprint density at radius 2 is 2.15 bits per heavy atom. The molecule has 2 unspecified atom stereocenters. The van der Waals surface area contributed by atoms with Crippen molar-refractivity contribution in [1.82, 2.24) is 0 Å². The zero-order valence-electron chi connectivity index (χ0n) is 11.8. The molecule has 2 rings (SSSR count). The first-order chi connectivity index (χ1) is 9.60. The maximum atomic E-state index is 10.8. The molecule has 5 heteroatoms. The Labute approximate surface area is 124 Å². The third kappa shape index (κ3) is 3.85. The lowest BCUT2D eigenvalue weighted by Gasteiger charge is -2.18. The van der Waals surface area contributed by atoms with Crippen LogP contribution in [0.3, 0.4) is 0 Å².